The Bertz CT molecular complexity index is 165. The molecule has 0 fully saturated rings. The van der Waals surface area contributed by atoms with Crippen molar-refractivity contribution in [1.29, 1.82) is 0 Å². The van der Waals surface area contributed by atoms with Gasteiger partial charge in [-0.15, -0.1) is 0 Å². The predicted molar refractivity (Wildman–Crippen MR) is 39.2 cm³/mol. The number of nitrogens with zero attached hydrogens (tertiary/aromatic N) is 2. The maximum Gasteiger partial charge on any atom is 0.246 e. The molecule has 1 aliphatic heterocycles. The van der Waals surface area contributed by atoms with Crippen LogP contribution in [0.15, 0.2) is 12.4 Å². The highest BCUT2D eigenvalue weighted by Crippen LogP contribution is 2.00. The summed E-state index contributed by atoms with van der Waals surface area (Å²) in [6, 6.07) is 0. The van der Waals surface area contributed by atoms with Crippen LogP contribution in [0.3, 0.4) is 0 Å². The molecular weight excluding hydrogens is 128 g/mol. The molecule has 0 N–H and O–H groups in total. The van der Waals surface area contributed by atoms with Crippen molar-refractivity contribution in [1.82, 2.24) is 9.80 Å². The third kappa shape index (κ3) is 1.29. The number of hydrogen-bond acceptors (Lipinski definition) is 2. The number of rotatable bonds is 1. The fourth-order valence-corrected chi connectivity index (χ4v) is 0.916. The third-order valence-electron chi connectivity index (χ3n) is 1.55. The quantitative estimate of drug-likeness (QED) is 0.521. The fourth-order valence-electron chi connectivity index (χ4n) is 0.916. The molecule has 1 heterocycles. The van der Waals surface area contributed by atoms with Crippen LogP contribution in [0.25, 0.3) is 0 Å². The Labute approximate surface area is 60.9 Å². The molecular formula is C7H12N2O. The zero-order chi connectivity index (χ0) is 7.56. The van der Waals surface area contributed by atoms with Crippen LogP contribution in [0.5, 0.6) is 0 Å². The van der Waals surface area contributed by atoms with Gasteiger partial charge in [-0.05, 0) is 6.92 Å². The second kappa shape index (κ2) is 2.73. The van der Waals surface area contributed by atoms with Crippen LogP contribution in [0.2, 0.25) is 0 Å². The lowest BCUT2D eigenvalue weighted by molar-refractivity contribution is -0.129. The van der Waals surface area contributed by atoms with Gasteiger partial charge in [-0.3, -0.25) is 4.79 Å². The first kappa shape index (κ1) is 7.12. The van der Waals surface area contributed by atoms with Gasteiger partial charge in [0.05, 0.1) is 6.54 Å². The van der Waals surface area contributed by atoms with Crippen molar-refractivity contribution in [3.05, 3.63) is 12.4 Å². The minimum absolute atomic E-state index is 0.174. The first-order valence-electron chi connectivity index (χ1n) is 3.42. The molecule has 1 amide bonds. The van der Waals surface area contributed by atoms with E-state index in [0.29, 0.717) is 6.54 Å². The van der Waals surface area contributed by atoms with Crippen LogP contribution in [-0.4, -0.2) is 35.8 Å². The molecule has 0 aliphatic carbocycles. The summed E-state index contributed by atoms with van der Waals surface area (Å²) >= 11 is 0. The van der Waals surface area contributed by atoms with Gasteiger partial charge in [0.15, 0.2) is 0 Å². The van der Waals surface area contributed by atoms with Crippen molar-refractivity contribution in [2.45, 2.75) is 6.92 Å². The molecule has 0 aromatic heterocycles. The Morgan fingerprint density at radius 2 is 2.30 bits per heavy atom. The topological polar surface area (TPSA) is 23.6 Å². The highest BCUT2D eigenvalue weighted by Gasteiger charge is 2.13. The standard InChI is InChI=1S/C7H12N2O/c1-3-9-5-4-8(2)6-7(9)10/h4-5H,3,6H2,1-2H3. The van der Waals surface area contributed by atoms with Crippen LogP contribution < -0.4 is 0 Å². The maximum atomic E-state index is 11.1. The summed E-state index contributed by atoms with van der Waals surface area (Å²) in [5.74, 6) is 0.174. The molecule has 0 atom stereocenters. The molecule has 0 saturated heterocycles. The molecule has 1 aliphatic rings. The summed E-state index contributed by atoms with van der Waals surface area (Å²) < 4.78 is 0. The third-order valence-corrected chi connectivity index (χ3v) is 1.55. The molecule has 3 nitrogen and oxygen atoms in total. The van der Waals surface area contributed by atoms with Crippen molar-refractivity contribution in [3.8, 4) is 0 Å². The van der Waals surface area contributed by atoms with Crippen LogP contribution in [0.4, 0.5) is 0 Å². The van der Waals surface area contributed by atoms with Gasteiger partial charge < -0.3 is 9.80 Å². The minimum atomic E-state index is 0.174. The monoisotopic (exact) mass is 140 g/mol. The average Bonchev–Trinajstić information content (AvgIpc) is 1.88. The first-order valence-corrected chi connectivity index (χ1v) is 3.42. The molecule has 0 radical (unpaired) electrons. The Balaban J connectivity index is 2.62. The molecule has 0 aromatic carbocycles. The van der Waals surface area contributed by atoms with E-state index >= 15 is 0 Å². The maximum absolute atomic E-state index is 11.1. The van der Waals surface area contributed by atoms with Gasteiger partial charge in [0, 0.05) is 26.0 Å². The Kier molecular flexibility index (Phi) is 1.94. The molecule has 0 spiro atoms. The lowest BCUT2D eigenvalue weighted by atomic mass is 10.4. The number of hydrogen-bond donors (Lipinski definition) is 0. The van der Waals surface area contributed by atoms with Gasteiger partial charge in [-0.1, -0.05) is 0 Å². The SMILES string of the molecule is CCN1C=CN(C)CC1=O. The van der Waals surface area contributed by atoms with Gasteiger partial charge in [-0.25, -0.2) is 0 Å². The van der Waals surface area contributed by atoms with E-state index in [2.05, 4.69) is 0 Å². The van der Waals surface area contributed by atoms with E-state index in [-0.39, 0.29) is 5.91 Å². The second-order valence-corrected chi connectivity index (χ2v) is 2.39. The molecule has 0 aromatic rings. The largest absolute Gasteiger partial charge is 0.370 e. The number of carbonyl (C=O) groups excluding carboxylic acids is 1. The summed E-state index contributed by atoms with van der Waals surface area (Å²) in [6.45, 7) is 3.24. The Morgan fingerprint density at radius 3 is 2.80 bits per heavy atom. The van der Waals surface area contributed by atoms with Crippen molar-refractivity contribution >= 4 is 5.91 Å². The highest BCUT2D eigenvalue weighted by molar-refractivity contribution is 5.80. The van der Waals surface area contributed by atoms with Crippen molar-refractivity contribution < 1.29 is 4.79 Å². The van der Waals surface area contributed by atoms with Crippen molar-refractivity contribution in [2.75, 3.05) is 20.1 Å². The number of likely N-dealkylation sites (N-methyl/N-ethyl adjacent to an activating group) is 2. The zero-order valence-corrected chi connectivity index (χ0v) is 6.37. The molecule has 10 heavy (non-hydrogen) atoms. The molecule has 0 saturated carbocycles. The lowest BCUT2D eigenvalue weighted by Gasteiger charge is -2.25. The zero-order valence-electron chi connectivity index (χ0n) is 6.37. The van der Waals surface area contributed by atoms with E-state index in [1.54, 1.807) is 4.90 Å². The highest BCUT2D eigenvalue weighted by atomic mass is 16.2. The van der Waals surface area contributed by atoms with Gasteiger partial charge in [0.1, 0.15) is 0 Å². The van der Waals surface area contributed by atoms with Gasteiger partial charge in [0.2, 0.25) is 5.91 Å². The van der Waals surface area contributed by atoms with E-state index in [9.17, 15) is 4.79 Å². The Hall–Kier alpha value is -0.990. The van der Waals surface area contributed by atoms with Crippen molar-refractivity contribution in [2.24, 2.45) is 0 Å². The first-order chi connectivity index (χ1) is 4.74. The van der Waals surface area contributed by atoms with E-state index < -0.39 is 0 Å². The van der Waals surface area contributed by atoms with Crippen LogP contribution in [0, 0.1) is 0 Å². The lowest BCUT2D eigenvalue weighted by Crippen LogP contribution is -2.37. The Morgan fingerprint density at radius 1 is 1.60 bits per heavy atom. The van der Waals surface area contributed by atoms with E-state index in [1.165, 1.54) is 0 Å². The smallest absolute Gasteiger partial charge is 0.246 e. The van der Waals surface area contributed by atoms with E-state index in [0.717, 1.165) is 6.54 Å². The summed E-state index contributed by atoms with van der Waals surface area (Å²) in [5.41, 5.74) is 0. The summed E-state index contributed by atoms with van der Waals surface area (Å²) in [4.78, 5) is 14.6. The van der Waals surface area contributed by atoms with Crippen molar-refractivity contribution in [3.63, 3.8) is 0 Å². The number of amides is 1. The van der Waals surface area contributed by atoms with Crippen LogP contribution >= 0.6 is 0 Å². The molecule has 3 heteroatoms. The van der Waals surface area contributed by atoms with Crippen LogP contribution in [-0.2, 0) is 4.79 Å². The molecule has 0 unspecified atom stereocenters. The summed E-state index contributed by atoms with van der Waals surface area (Å²) in [5, 5.41) is 0. The minimum Gasteiger partial charge on any atom is -0.370 e. The normalized spacial score (nSPS) is 18.4. The predicted octanol–water partition coefficient (Wildman–Crippen LogP) is 0.252. The molecule has 1 rings (SSSR count). The molecule has 56 valence electrons. The summed E-state index contributed by atoms with van der Waals surface area (Å²) in [7, 11) is 1.89. The van der Waals surface area contributed by atoms with Gasteiger partial charge >= 0.3 is 0 Å². The fraction of sp³-hybridized carbons (Fsp3) is 0.571. The molecule has 0 bridgehead atoms. The number of carbonyl (C=O) groups is 1. The van der Waals surface area contributed by atoms with Gasteiger partial charge in [-0.2, -0.15) is 0 Å². The van der Waals surface area contributed by atoms with Crippen LogP contribution in [0.1, 0.15) is 6.92 Å². The average molecular weight is 140 g/mol. The van der Waals surface area contributed by atoms with E-state index in [1.807, 2.05) is 31.3 Å². The van der Waals surface area contributed by atoms with E-state index in [4.69, 9.17) is 0 Å². The summed E-state index contributed by atoms with van der Waals surface area (Å²) in [6.07, 6.45) is 3.72. The van der Waals surface area contributed by atoms with Gasteiger partial charge in [0.25, 0.3) is 0 Å². The second-order valence-electron chi connectivity index (χ2n) is 2.39.